The lowest BCUT2D eigenvalue weighted by atomic mass is 10.0. The zero-order valence-electron chi connectivity index (χ0n) is 11.8. The van der Waals surface area contributed by atoms with E-state index in [-0.39, 0.29) is 11.9 Å². The Balaban J connectivity index is 1.94. The van der Waals surface area contributed by atoms with Gasteiger partial charge in [-0.3, -0.25) is 4.79 Å². The van der Waals surface area contributed by atoms with Crippen molar-refractivity contribution >= 4 is 5.91 Å². The fraction of sp³-hybridized carbons (Fsp3) is 0.533. The Labute approximate surface area is 114 Å². The molecular formula is C15H22N2O2. The van der Waals surface area contributed by atoms with Gasteiger partial charge in [0.15, 0.2) is 6.10 Å². The van der Waals surface area contributed by atoms with Crippen molar-refractivity contribution in [3.63, 3.8) is 0 Å². The van der Waals surface area contributed by atoms with Crippen molar-refractivity contribution in [1.29, 1.82) is 0 Å². The summed E-state index contributed by atoms with van der Waals surface area (Å²) >= 11 is 0. The zero-order chi connectivity index (χ0) is 14.0. The molecule has 0 saturated carbocycles. The minimum Gasteiger partial charge on any atom is -0.480 e. The molecule has 0 aliphatic carbocycles. The quantitative estimate of drug-likeness (QED) is 0.863. The highest BCUT2D eigenvalue weighted by Crippen LogP contribution is 2.31. The highest BCUT2D eigenvalue weighted by atomic mass is 16.5. The molecule has 0 fully saturated rings. The second kappa shape index (κ2) is 5.61. The van der Waals surface area contributed by atoms with Gasteiger partial charge in [-0.25, -0.2) is 0 Å². The number of aryl methyl sites for hydroxylation is 2. The molecule has 104 valence electrons. The van der Waals surface area contributed by atoms with Gasteiger partial charge in [-0.05, 0) is 49.9 Å². The van der Waals surface area contributed by atoms with E-state index in [2.05, 4.69) is 25.2 Å². The Bertz CT molecular complexity index is 452. The molecule has 1 heterocycles. The predicted octanol–water partition coefficient (Wildman–Crippen LogP) is 1.46. The van der Waals surface area contributed by atoms with Crippen LogP contribution in [0.5, 0.6) is 5.75 Å². The van der Waals surface area contributed by atoms with Crippen LogP contribution in [-0.2, 0) is 11.2 Å². The Morgan fingerprint density at radius 2 is 2.16 bits per heavy atom. The average molecular weight is 262 g/mol. The van der Waals surface area contributed by atoms with Gasteiger partial charge in [-0.2, -0.15) is 0 Å². The van der Waals surface area contributed by atoms with Crippen molar-refractivity contribution in [1.82, 2.24) is 5.32 Å². The smallest absolute Gasteiger partial charge is 0.261 e. The Kier molecular flexibility index (Phi) is 4.10. The van der Waals surface area contributed by atoms with Crippen molar-refractivity contribution in [2.45, 2.75) is 45.8 Å². The summed E-state index contributed by atoms with van der Waals surface area (Å²) in [5, 5.41) is 2.88. The van der Waals surface area contributed by atoms with Gasteiger partial charge in [0.2, 0.25) is 0 Å². The summed E-state index contributed by atoms with van der Waals surface area (Å²) in [5.41, 5.74) is 9.20. The van der Waals surface area contributed by atoms with E-state index in [1.54, 1.807) is 0 Å². The number of hydrogen-bond donors (Lipinski definition) is 2. The van der Waals surface area contributed by atoms with Gasteiger partial charge in [0.1, 0.15) is 5.75 Å². The number of ether oxygens (including phenoxy) is 1. The standard InChI is InChI=1S/C15H22N2O2/c1-9-6-12-8-14(19-13(12)7-10(9)2)15(18)17-5-4-11(3)16/h6-7,11,14H,4-5,8,16H2,1-3H3,(H,17,18). The third-order valence-electron chi connectivity index (χ3n) is 3.54. The molecule has 1 aliphatic heterocycles. The second-order valence-corrected chi connectivity index (χ2v) is 5.41. The summed E-state index contributed by atoms with van der Waals surface area (Å²) in [6, 6.07) is 4.23. The number of nitrogens with two attached hydrogens (primary N) is 1. The van der Waals surface area contributed by atoms with Crippen LogP contribution in [0, 0.1) is 13.8 Å². The van der Waals surface area contributed by atoms with Crippen LogP contribution in [-0.4, -0.2) is 24.6 Å². The van der Waals surface area contributed by atoms with E-state index < -0.39 is 6.10 Å². The summed E-state index contributed by atoms with van der Waals surface area (Å²) < 4.78 is 5.72. The first-order valence-corrected chi connectivity index (χ1v) is 6.77. The van der Waals surface area contributed by atoms with Gasteiger partial charge >= 0.3 is 0 Å². The summed E-state index contributed by atoms with van der Waals surface area (Å²) in [6.07, 6.45) is 1.04. The van der Waals surface area contributed by atoms with Gasteiger partial charge in [0, 0.05) is 19.0 Å². The molecule has 2 rings (SSSR count). The molecule has 1 aromatic rings. The van der Waals surface area contributed by atoms with Crippen LogP contribution >= 0.6 is 0 Å². The third-order valence-corrected chi connectivity index (χ3v) is 3.54. The first kappa shape index (κ1) is 13.9. The molecule has 19 heavy (non-hydrogen) atoms. The first-order valence-electron chi connectivity index (χ1n) is 6.77. The molecule has 0 aromatic heterocycles. The summed E-state index contributed by atoms with van der Waals surface area (Å²) in [5.74, 6) is 0.794. The molecule has 0 spiro atoms. The molecule has 1 aromatic carbocycles. The predicted molar refractivity (Wildman–Crippen MR) is 75.3 cm³/mol. The Hall–Kier alpha value is -1.55. The fourth-order valence-electron chi connectivity index (χ4n) is 2.20. The molecule has 1 amide bonds. The topological polar surface area (TPSA) is 64.3 Å². The van der Waals surface area contributed by atoms with Crippen molar-refractivity contribution in [3.8, 4) is 5.75 Å². The van der Waals surface area contributed by atoms with Crippen LogP contribution in [0.15, 0.2) is 12.1 Å². The normalized spacial score (nSPS) is 18.6. The number of nitrogens with one attached hydrogen (secondary N) is 1. The maximum absolute atomic E-state index is 12.0. The summed E-state index contributed by atoms with van der Waals surface area (Å²) in [7, 11) is 0. The zero-order valence-corrected chi connectivity index (χ0v) is 11.8. The molecule has 4 nitrogen and oxygen atoms in total. The molecule has 0 saturated heterocycles. The average Bonchev–Trinajstić information content (AvgIpc) is 2.72. The van der Waals surface area contributed by atoms with Crippen molar-refractivity contribution in [2.24, 2.45) is 5.73 Å². The monoisotopic (exact) mass is 262 g/mol. The van der Waals surface area contributed by atoms with Gasteiger partial charge in [0.25, 0.3) is 5.91 Å². The fourth-order valence-corrected chi connectivity index (χ4v) is 2.20. The lowest BCUT2D eigenvalue weighted by Gasteiger charge is -2.12. The van der Waals surface area contributed by atoms with Crippen LogP contribution < -0.4 is 15.8 Å². The molecule has 1 aliphatic rings. The van der Waals surface area contributed by atoms with Crippen LogP contribution in [0.3, 0.4) is 0 Å². The van der Waals surface area contributed by atoms with Crippen LogP contribution in [0.4, 0.5) is 0 Å². The summed E-state index contributed by atoms with van der Waals surface area (Å²) in [4.78, 5) is 12.0. The van der Waals surface area contributed by atoms with E-state index in [9.17, 15) is 4.79 Å². The highest BCUT2D eigenvalue weighted by Gasteiger charge is 2.29. The Morgan fingerprint density at radius 1 is 1.47 bits per heavy atom. The molecule has 2 unspecified atom stereocenters. The Morgan fingerprint density at radius 3 is 2.84 bits per heavy atom. The largest absolute Gasteiger partial charge is 0.480 e. The SMILES string of the molecule is Cc1cc2c(cc1C)OC(C(=O)NCCC(C)N)C2. The maximum Gasteiger partial charge on any atom is 0.261 e. The molecule has 4 heteroatoms. The lowest BCUT2D eigenvalue weighted by Crippen LogP contribution is -2.39. The van der Waals surface area contributed by atoms with Crippen molar-refractivity contribution in [3.05, 3.63) is 28.8 Å². The van der Waals surface area contributed by atoms with Gasteiger partial charge in [-0.1, -0.05) is 6.07 Å². The van der Waals surface area contributed by atoms with Crippen molar-refractivity contribution in [2.75, 3.05) is 6.54 Å². The second-order valence-electron chi connectivity index (χ2n) is 5.41. The molecule has 0 radical (unpaired) electrons. The number of carbonyl (C=O) groups is 1. The molecular weight excluding hydrogens is 240 g/mol. The van der Waals surface area contributed by atoms with E-state index in [0.29, 0.717) is 13.0 Å². The van der Waals surface area contributed by atoms with E-state index in [0.717, 1.165) is 17.7 Å². The molecule has 2 atom stereocenters. The minimum atomic E-state index is -0.399. The lowest BCUT2D eigenvalue weighted by molar-refractivity contribution is -0.127. The number of hydrogen-bond acceptors (Lipinski definition) is 3. The first-order chi connectivity index (χ1) is 8.97. The van der Waals surface area contributed by atoms with Gasteiger partial charge in [0.05, 0.1) is 0 Å². The highest BCUT2D eigenvalue weighted by molar-refractivity contribution is 5.82. The van der Waals surface area contributed by atoms with E-state index in [1.807, 2.05) is 13.0 Å². The summed E-state index contributed by atoms with van der Waals surface area (Å²) in [6.45, 7) is 6.66. The van der Waals surface area contributed by atoms with Crippen LogP contribution in [0.1, 0.15) is 30.0 Å². The number of rotatable bonds is 4. The van der Waals surface area contributed by atoms with Crippen LogP contribution in [0.25, 0.3) is 0 Å². The van der Waals surface area contributed by atoms with Gasteiger partial charge < -0.3 is 15.8 Å². The molecule has 3 N–H and O–H groups in total. The minimum absolute atomic E-state index is 0.0489. The number of fused-ring (bicyclic) bond motifs is 1. The number of amides is 1. The van der Waals surface area contributed by atoms with E-state index in [4.69, 9.17) is 10.5 Å². The van der Waals surface area contributed by atoms with Crippen LogP contribution in [0.2, 0.25) is 0 Å². The number of carbonyl (C=O) groups excluding carboxylic acids is 1. The van der Waals surface area contributed by atoms with Crippen molar-refractivity contribution < 1.29 is 9.53 Å². The van der Waals surface area contributed by atoms with Gasteiger partial charge in [-0.15, -0.1) is 0 Å². The van der Waals surface area contributed by atoms with E-state index >= 15 is 0 Å². The van der Waals surface area contributed by atoms with E-state index in [1.165, 1.54) is 11.1 Å². The third kappa shape index (κ3) is 3.26. The number of benzene rings is 1. The maximum atomic E-state index is 12.0. The molecule has 0 bridgehead atoms.